The van der Waals surface area contributed by atoms with E-state index >= 15 is 0 Å². The van der Waals surface area contributed by atoms with Gasteiger partial charge in [-0.15, -0.1) is 0 Å². The van der Waals surface area contributed by atoms with E-state index < -0.39 is 0 Å². The molecule has 0 aliphatic heterocycles. The Morgan fingerprint density at radius 3 is 2.35 bits per heavy atom. The zero-order valence-electron chi connectivity index (χ0n) is 14.2. The number of nitrogens with zero attached hydrogens (tertiary/aromatic N) is 4. The van der Waals surface area contributed by atoms with E-state index in [0.29, 0.717) is 22.2 Å². The van der Waals surface area contributed by atoms with E-state index in [1.165, 1.54) is 4.68 Å². The number of aromatic nitrogens is 4. The van der Waals surface area contributed by atoms with Gasteiger partial charge < -0.3 is 0 Å². The summed E-state index contributed by atoms with van der Waals surface area (Å²) >= 11 is 0. The number of benzene rings is 2. The Morgan fingerprint density at radius 1 is 1.00 bits per heavy atom. The van der Waals surface area contributed by atoms with Crippen molar-refractivity contribution in [3.63, 3.8) is 0 Å². The number of carbonyl (C=O) groups excluding carboxylic acids is 1. The third-order valence-corrected chi connectivity index (χ3v) is 4.26. The third kappa shape index (κ3) is 2.71. The van der Waals surface area contributed by atoms with Crippen LogP contribution in [0.4, 0.5) is 0 Å². The third-order valence-electron chi connectivity index (χ3n) is 4.26. The van der Waals surface area contributed by atoms with E-state index in [1.54, 1.807) is 35.1 Å². The highest BCUT2D eigenvalue weighted by Gasteiger charge is 2.17. The van der Waals surface area contributed by atoms with Crippen molar-refractivity contribution in [3.8, 4) is 5.69 Å². The quantitative estimate of drug-likeness (QED) is 0.534. The van der Waals surface area contributed by atoms with Crippen LogP contribution in [0.25, 0.3) is 16.6 Å². The molecule has 0 unspecified atom stereocenters. The van der Waals surface area contributed by atoms with E-state index in [4.69, 9.17) is 0 Å². The fourth-order valence-electron chi connectivity index (χ4n) is 2.95. The van der Waals surface area contributed by atoms with Gasteiger partial charge >= 0.3 is 0 Å². The van der Waals surface area contributed by atoms with Crippen LogP contribution in [-0.4, -0.2) is 25.3 Å². The van der Waals surface area contributed by atoms with Gasteiger partial charge in [0.25, 0.3) is 5.56 Å². The Kier molecular flexibility index (Phi) is 3.93. The summed E-state index contributed by atoms with van der Waals surface area (Å²) < 4.78 is 2.81. The zero-order valence-corrected chi connectivity index (χ0v) is 14.2. The minimum absolute atomic E-state index is 0.112. The van der Waals surface area contributed by atoms with Crippen LogP contribution >= 0.6 is 0 Å². The number of ketones is 1. The summed E-state index contributed by atoms with van der Waals surface area (Å²) in [6.45, 7) is 1.70. The van der Waals surface area contributed by atoms with Gasteiger partial charge in [-0.1, -0.05) is 48.5 Å². The predicted molar refractivity (Wildman–Crippen MR) is 98.6 cm³/mol. The fourth-order valence-corrected chi connectivity index (χ4v) is 2.95. The van der Waals surface area contributed by atoms with Crippen LogP contribution in [0.15, 0.2) is 71.7 Å². The highest BCUT2D eigenvalue weighted by atomic mass is 16.1. The van der Waals surface area contributed by atoms with Crippen LogP contribution in [0.2, 0.25) is 0 Å². The molecular weight excluding hydrogens is 328 g/mol. The first-order valence-electron chi connectivity index (χ1n) is 8.24. The van der Waals surface area contributed by atoms with Crippen molar-refractivity contribution in [2.24, 2.45) is 0 Å². The van der Waals surface area contributed by atoms with Crippen molar-refractivity contribution in [3.05, 3.63) is 88.5 Å². The lowest BCUT2D eigenvalue weighted by Gasteiger charge is -2.08. The maximum atomic E-state index is 13.0. The van der Waals surface area contributed by atoms with Gasteiger partial charge in [0.2, 0.25) is 0 Å². The standard InChI is InChI=1S/C20H16N4O2/c1-14-17-12-21-24(16-10-6-3-7-11-16)19(17)20(26)23(22-14)13-18(25)15-8-4-2-5-9-15/h2-12H,13H2,1H3. The molecule has 6 heteroatoms. The second kappa shape index (κ2) is 6.40. The topological polar surface area (TPSA) is 69.8 Å². The van der Waals surface area contributed by atoms with E-state index in [1.807, 2.05) is 43.3 Å². The molecular formula is C20H16N4O2. The van der Waals surface area contributed by atoms with Gasteiger partial charge in [0.15, 0.2) is 5.78 Å². The molecule has 128 valence electrons. The Bertz CT molecular complexity index is 1150. The number of aryl methyl sites for hydroxylation is 1. The second-order valence-electron chi connectivity index (χ2n) is 5.99. The summed E-state index contributed by atoms with van der Waals surface area (Å²) in [4.78, 5) is 25.5. The van der Waals surface area contributed by atoms with Crippen molar-refractivity contribution >= 4 is 16.7 Å². The Hall–Kier alpha value is -3.54. The number of Topliss-reactive ketones (excluding diaryl/α,β-unsaturated/α-hetero) is 1. The molecule has 0 spiro atoms. The first-order chi connectivity index (χ1) is 12.6. The Balaban J connectivity index is 1.83. The molecule has 4 rings (SSSR count). The van der Waals surface area contributed by atoms with Crippen molar-refractivity contribution < 1.29 is 4.79 Å². The summed E-state index contributed by atoms with van der Waals surface area (Å²) in [5.41, 5.74) is 2.07. The number of fused-ring (bicyclic) bond motifs is 1. The molecule has 0 fully saturated rings. The van der Waals surface area contributed by atoms with Gasteiger partial charge in [-0.25, -0.2) is 9.36 Å². The van der Waals surface area contributed by atoms with Crippen molar-refractivity contribution in [1.82, 2.24) is 19.6 Å². The van der Waals surface area contributed by atoms with Crippen molar-refractivity contribution in [2.45, 2.75) is 13.5 Å². The molecule has 0 aliphatic carbocycles. The molecule has 2 aromatic carbocycles. The summed E-state index contributed by atoms with van der Waals surface area (Å²) in [7, 11) is 0. The van der Waals surface area contributed by atoms with Crippen LogP contribution in [0, 0.1) is 6.92 Å². The van der Waals surface area contributed by atoms with Gasteiger partial charge in [0.05, 0.1) is 17.6 Å². The normalized spacial score (nSPS) is 11.0. The minimum Gasteiger partial charge on any atom is -0.292 e. The molecule has 0 saturated carbocycles. The van der Waals surface area contributed by atoms with Gasteiger partial charge in [-0.3, -0.25) is 9.59 Å². The molecule has 0 saturated heterocycles. The lowest BCUT2D eigenvalue weighted by atomic mass is 10.1. The van der Waals surface area contributed by atoms with Gasteiger partial charge in [-0.2, -0.15) is 10.2 Å². The summed E-state index contributed by atoms with van der Waals surface area (Å²) in [5.74, 6) is -0.162. The minimum atomic E-state index is -0.337. The van der Waals surface area contributed by atoms with Crippen LogP contribution < -0.4 is 5.56 Å². The molecule has 0 aliphatic rings. The summed E-state index contributed by atoms with van der Waals surface area (Å²) in [6, 6.07) is 18.3. The van der Waals surface area contributed by atoms with Crippen molar-refractivity contribution in [2.75, 3.05) is 0 Å². The molecule has 4 aromatic rings. The molecule has 2 aromatic heterocycles. The van der Waals surface area contributed by atoms with E-state index in [2.05, 4.69) is 10.2 Å². The van der Waals surface area contributed by atoms with Crippen LogP contribution in [0.3, 0.4) is 0 Å². The maximum Gasteiger partial charge on any atom is 0.293 e. The average molecular weight is 344 g/mol. The Morgan fingerprint density at radius 2 is 1.65 bits per heavy atom. The second-order valence-corrected chi connectivity index (χ2v) is 5.99. The molecule has 0 amide bonds. The number of rotatable bonds is 4. The SMILES string of the molecule is Cc1nn(CC(=O)c2ccccc2)c(=O)c2c1cnn2-c1ccccc1. The molecule has 0 radical (unpaired) electrons. The van der Waals surface area contributed by atoms with Crippen LogP contribution in [0.1, 0.15) is 16.1 Å². The predicted octanol–water partition coefficient (Wildman–Crippen LogP) is 2.77. The van der Waals surface area contributed by atoms with E-state index in [0.717, 1.165) is 5.69 Å². The number of carbonyl (C=O) groups is 1. The Labute approximate surface area is 149 Å². The van der Waals surface area contributed by atoms with E-state index in [9.17, 15) is 9.59 Å². The molecule has 0 bridgehead atoms. The average Bonchev–Trinajstić information content (AvgIpc) is 3.13. The lowest BCUT2D eigenvalue weighted by Crippen LogP contribution is -2.28. The zero-order chi connectivity index (χ0) is 18.1. The van der Waals surface area contributed by atoms with E-state index in [-0.39, 0.29) is 17.9 Å². The lowest BCUT2D eigenvalue weighted by molar-refractivity contribution is 0.0966. The maximum absolute atomic E-state index is 13.0. The monoisotopic (exact) mass is 344 g/mol. The van der Waals surface area contributed by atoms with Gasteiger partial charge in [0.1, 0.15) is 12.1 Å². The summed E-state index contributed by atoms with van der Waals surface area (Å²) in [6.07, 6.45) is 1.63. The van der Waals surface area contributed by atoms with Gasteiger partial charge in [0, 0.05) is 10.9 Å². The molecule has 0 N–H and O–H groups in total. The van der Waals surface area contributed by atoms with Gasteiger partial charge in [-0.05, 0) is 19.1 Å². The van der Waals surface area contributed by atoms with Crippen molar-refractivity contribution in [1.29, 1.82) is 0 Å². The molecule has 0 atom stereocenters. The number of para-hydroxylation sites is 1. The molecule has 2 heterocycles. The largest absolute Gasteiger partial charge is 0.293 e. The number of hydrogen-bond acceptors (Lipinski definition) is 4. The number of hydrogen-bond donors (Lipinski definition) is 0. The van der Waals surface area contributed by atoms with Crippen LogP contribution in [-0.2, 0) is 6.54 Å². The highest BCUT2D eigenvalue weighted by molar-refractivity contribution is 5.96. The smallest absolute Gasteiger partial charge is 0.292 e. The fraction of sp³-hybridized carbons (Fsp3) is 0.100. The first kappa shape index (κ1) is 16.0. The van der Waals surface area contributed by atoms with Crippen LogP contribution in [0.5, 0.6) is 0 Å². The highest BCUT2D eigenvalue weighted by Crippen LogP contribution is 2.17. The summed E-state index contributed by atoms with van der Waals surface area (Å²) in [5, 5.41) is 9.33. The first-order valence-corrected chi connectivity index (χ1v) is 8.24. The molecule has 26 heavy (non-hydrogen) atoms. The molecule has 6 nitrogen and oxygen atoms in total.